The Kier molecular flexibility index (Phi) is 2.11. The Morgan fingerprint density at radius 2 is 1.14 bits per heavy atom. The van der Waals surface area contributed by atoms with Crippen LogP contribution in [0.25, 0.3) is 0 Å². The lowest BCUT2D eigenvalue weighted by atomic mass is 9.94. The van der Waals surface area contributed by atoms with Crippen LogP contribution in [0.15, 0.2) is 47.6 Å². The van der Waals surface area contributed by atoms with Crippen LogP contribution < -0.4 is 0 Å². The Morgan fingerprint density at radius 3 is 1.43 bits per heavy atom. The zero-order valence-electron chi connectivity index (χ0n) is 7.62. The van der Waals surface area contributed by atoms with Crippen molar-refractivity contribution < 1.29 is 0 Å². The van der Waals surface area contributed by atoms with E-state index in [9.17, 15) is 0 Å². The summed E-state index contributed by atoms with van der Waals surface area (Å²) in [6, 6.07) is 0. The molecule has 2 aliphatic rings. The SMILES string of the molecule is N=C1C=CC(C2=C[CH+]C(=N)C=C2)=C[CH+]1. The lowest BCUT2D eigenvalue weighted by Crippen LogP contribution is -2.01. The van der Waals surface area contributed by atoms with E-state index in [-0.39, 0.29) is 0 Å². The fraction of sp³-hybridized carbons (Fsp3) is 0. The third-order valence-corrected chi connectivity index (χ3v) is 2.10. The van der Waals surface area contributed by atoms with Crippen LogP contribution in [0.2, 0.25) is 0 Å². The molecular weight excluding hydrogens is 172 g/mol. The van der Waals surface area contributed by atoms with E-state index in [0.717, 1.165) is 11.1 Å². The molecule has 14 heavy (non-hydrogen) atoms. The van der Waals surface area contributed by atoms with Crippen molar-refractivity contribution in [3.63, 3.8) is 0 Å². The summed E-state index contributed by atoms with van der Waals surface area (Å²) in [5.41, 5.74) is 3.21. The second-order valence-corrected chi connectivity index (χ2v) is 3.15. The molecule has 2 heteroatoms. The fourth-order valence-electron chi connectivity index (χ4n) is 1.33. The van der Waals surface area contributed by atoms with Gasteiger partial charge in [0.05, 0.1) is 49.3 Å². The molecule has 0 aromatic carbocycles. The van der Waals surface area contributed by atoms with Crippen molar-refractivity contribution in [1.29, 1.82) is 10.8 Å². The first kappa shape index (κ1) is 8.63. The van der Waals surface area contributed by atoms with Crippen LogP contribution in [0.3, 0.4) is 0 Å². The van der Waals surface area contributed by atoms with Gasteiger partial charge in [0.15, 0.2) is 11.4 Å². The maximum atomic E-state index is 7.36. The highest BCUT2D eigenvalue weighted by atomic mass is 14.4. The van der Waals surface area contributed by atoms with Crippen LogP contribution in [-0.4, -0.2) is 11.4 Å². The highest BCUT2D eigenvalue weighted by Gasteiger charge is 2.20. The molecule has 0 saturated carbocycles. The van der Waals surface area contributed by atoms with E-state index < -0.39 is 0 Å². The molecule has 0 saturated heterocycles. The zero-order valence-corrected chi connectivity index (χ0v) is 7.62. The first-order chi connectivity index (χ1) is 6.75. The van der Waals surface area contributed by atoms with Crippen molar-refractivity contribution in [2.45, 2.75) is 0 Å². The highest BCUT2D eigenvalue weighted by Crippen LogP contribution is 2.20. The molecule has 0 radical (unpaired) electrons. The van der Waals surface area contributed by atoms with Gasteiger partial charge in [-0.25, -0.2) is 0 Å². The Morgan fingerprint density at radius 1 is 0.714 bits per heavy atom. The number of allylic oxidation sites excluding steroid dienone is 8. The molecule has 2 nitrogen and oxygen atoms in total. The van der Waals surface area contributed by atoms with Crippen LogP contribution in [0.5, 0.6) is 0 Å². The summed E-state index contributed by atoms with van der Waals surface area (Å²) in [6.45, 7) is 0. The second kappa shape index (κ2) is 3.42. The molecule has 2 N–H and O–H groups in total. The van der Waals surface area contributed by atoms with Gasteiger partial charge in [0.1, 0.15) is 11.1 Å². The molecule has 0 bridgehead atoms. The largest absolute Gasteiger partial charge is 0.275 e. The Bertz CT molecular complexity index is 366. The van der Waals surface area contributed by atoms with Gasteiger partial charge in [-0.3, -0.25) is 10.8 Å². The van der Waals surface area contributed by atoms with Gasteiger partial charge in [-0.15, -0.1) is 0 Å². The maximum Gasteiger partial charge on any atom is 0.165 e. The van der Waals surface area contributed by atoms with Gasteiger partial charge >= 0.3 is 0 Å². The third kappa shape index (κ3) is 1.69. The van der Waals surface area contributed by atoms with Crippen LogP contribution in [-0.2, 0) is 0 Å². The average Bonchev–Trinajstić information content (AvgIpc) is 2.21. The molecule has 0 aromatic rings. The smallest absolute Gasteiger partial charge is 0.165 e. The lowest BCUT2D eigenvalue weighted by molar-refractivity contribution is 1.42. The second-order valence-electron chi connectivity index (χ2n) is 3.15. The van der Waals surface area contributed by atoms with Gasteiger partial charge in [-0.05, 0) is 0 Å². The van der Waals surface area contributed by atoms with Gasteiger partial charge in [-0.2, -0.15) is 0 Å². The highest BCUT2D eigenvalue weighted by molar-refractivity contribution is 6.04. The minimum Gasteiger partial charge on any atom is -0.275 e. The monoisotopic (exact) mass is 182 g/mol. The van der Waals surface area contributed by atoms with E-state index in [1.165, 1.54) is 0 Å². The van der Waals surface area contributed by atoms with Crippen molar-refractivity contribution in [1.82, 2.24) is 0 Å². The van der Waals surface area contributed by atoms with Gasteiger partial charge in [0.25, 0.3) is 0 Å². The van der Waals surface area contributed by atoms with E-state index in [4.69, 9.17) is 10.8 Å². The van der Waals surface area contributed by atoms with Crippen molar-refractivity contribution in [3.8, 4) is 0 Å². The van der Waals surface area contributed by atoms with Gasteiger partial charge in [0, 0.05) is 0 Å². The molecule has 2 aliphatic carbocycles. The lowest BCUT2D eigenvalue weighted by Gasteiger charge is -1.98. The van der Waals surface area contributed by atoms with Crippen LogP contribution in [0, 0.1) is 23.7 Å². The molecule has 0 fully saturated rings. The zero-order chi connectivity index (χ0) is 9.97. The summed E-state index contributed by atoms with van der Waals surface area (Å²) in [5.74, 6) is 0. The first-order valence-electron chi connectivity index (χ1n) is 4.39. The molecule has 0 heterocycles. The van der Waals surface area contributed by atoms with E-state index in [0.29, 0.717) is 11.4 Å². The van der Waals surface area contributed by atoms with E-state index >= 15 is 0 Å². The van der Waals surface area contributed by atoms with Crippen molar-refractivity contribution in [3.05, 3.63) is 60.4 Å². The summed E-state index contributed by atoms with van der Waals surface area (Å²) in [5, 5.41) is 14.7. The standard InChI is InChI=1S/C12H10N2/c13-11-5-1-9(2-6-11)10-3-7-12(14)8-4-10/h1-8,13-14H/q+2. The van der Waals surface area contributed by atoms with E-state index in [1.807, 2.05) is 24.3 Å². The summed E-state index contributed by atoms with van der Waals surface area (Å²) < 4.78 is 0. The molecule has 2 rings (SSSR count). The van der Waals surface area contributed by atoms with Gasteiger partial charge < -0.3 is 0 Å². The summed E-state index contributed by atoms with van der Waals surface area (Å²) in [7, 11) is 0. The average molecular weight is 182 g/mol. The minimum atomic E-state index is 0.519. The maximum absolute atomic E-state index is 7.36. The Balaban J connectivity index is 2.18. The van der Waals surface area contributed by atoms with Crippen LogP contribution >= 0.6 is 0 Å². The first-order valence-corrected chi connectivity index (χ1v) is 4.39. The molecule has 0 unspecified atom stereocenters. The van der Waals surface area contributed by atoms with Crippen molar-refractivity contribution >= 4 is 11.4 Å². The van der Waals surface area contributed by atoms with Crippen LogP contribution in [0.1, 0.15) is 0 Å². The van der Waals surface area contributed by atoms with Gasteiger partial charge in [-0.1, -0.05) is 0 Å². The van der Waals surface area contributed by atoms with E-state index in [2.05, 4.69) is 0 Å². The van der Waals surface area contributed by atoms with Gasteiger partial charge in [0.2, 0.25) is 0 Å². The van der Waals surface area contributed by atoms with Crippen molar-refractivity contribution in [2.24, 2.45) is 0 Å². The summed E-state index contributed by atoms with van der Waals surface area (Å²) >= 11 is 0. The predicted octanol–water partition coefficient (Wildman–Crippen LogP) is 2.43. The number of rotatable bonds is 1. The molecule has 0 spiro atoms. The van der Waals surface area contributed by atoms with E-state index in [1.54, 1.807) is 25.0 Å². The summed E-state index contributed by atoms with van der Waals surface area (Å²) in [6.07, 6.45) is 14.7. The molecular formula is C12H10N2+2. The predicted molar refractivity (Wildman–Crippen MR) is 58.5 cm³/mol. The molecule has 0 aliphatic heterocycles. The normalized spacial score (nSPS) is 19.7. The van der Waals surface area contributed by atoms with Crippen LogP contribution in [0.4, 0.5) is 0 Å². The number of nitrogens with one attached hydrogen (secondary N) is 2. The number of hydrogen-bond donors (Lipinski definition) is 2. The fourth-order valence-corrected chi connectivity index (χ4v) is 1.33. The quantitative estimate of drug-likeness (QED) is 0.585. The Labute approximate surface area is 83.4 Å². The number of hydrogen-bond acceptors (Lipinski definition) is 2. The minimum absolute atomic E-state index is 0.519. The molecule has 0 aromatic heterocycles. The topological polar surface area (TPSA) is 47.7 Å². The molecule has 0 atom stereocenters. The third-order valence-electron chi connectivity index (χ3n) is 2.10. The Hall–Kier alpha value is -1.96. The molecule has 66 valence electrons. The molecule has 0 amide bonds. The van der Waals surface area contributed by atoms with Crippen molar-refractivity contribution in [2.75, 3.05) is 0 Å². The summed E-state index contributed by atoms with van der Waals surface area (Å²) in [4.78, 5) is 0.